The normalized spacial score (nSPS) is 15.3. The molecular weight excluding hydrogens is 214 g/mol. The molecule has 0 aliphatic carbocycles. The van der Waals surface area contributed by atoms with E-state index in [0.717, 1.165) is 12.8 Å². The summed E-state index contributed by atoms with van der Waals surface area (Å²) in [6.07, 6.45) is 12.8. The van der Waals surface area contributed by atoms with E-state index in [1.807, 2.05) is 0 Å². The zero-order valence-electron chi connectivity index (χ0n) is 11.1. The van der Waals surface area contributed by atoms with Gasteiger partial charge in [0.15, 0.2) is 0 Å². The molecule has 2 atom stereocenters. The minimum Gasteiger partial charge on any atom is -0.395 e. The van der Waals surface area contributed by atoms with Crippen LogP contribution in [0.5, 0.6) is 0 Å². The van der Waals surface area contributed by atoms with E-state index in [2.05, 4.69) is 19.1 Å². The molecule has 0 radical (unpaired) electrons. The van der Waals surface area contributed by atoms with Crippen molar-refractivity contribution in [2.24, 2.45) is 5.73 Å². The third-order valence-corrected chi connectivity index (χ3v) is 2.97. The number of rotatable bonds is 11. The summed E-state index contributed by atoms with van der Waals surface area (Å²) in [4.78, 5) is 0. The van der Waals surface area contributed by atoms with Crippen LogP contribution in [0.15, 0.2) is 12.2 Å². The molecule has 3 nitrogen and oxygen atoms in total. The molecule has 17 heavy (non-hydrogen) atoms. The first-order valence-electron chi connectivity index (χ1n) is 6.91. The summed E-state index contributed by atoms with van der Waals surface area (Å²) < 4.78 is 0. The molecule has 0 aromatic heterocycles. The first kappa shape index (κ1) is 16.6. The lowest BCUT2D eigenvalue weighted by molar-refractivity contribution is 0.0999. The van der Waals surface area contributed by atoms with E-state index >= 15 is 0 Å². The van der Waals surface area contributed by atoms with E-state index in [4.69, 9.17) is 10.8 Å². The lowest BCUT2D eigenvalue weighted by Crippen LogP contribution is -2.37. The standard InChI is InChI=1S/C14H29NO2/c1-2-3-4-5-6-7-8-9-10-11-14(17)13(15)12-16/h7-8,13-14,16-17H,2-6,9-12,15H2,1H3/b8-7-. The van der Waals surface area contributed by atoms with Gasteiger partial charge in [0.1, 0.15) is 0 Å². The van der Waals surface area contributed by atoms with Crippen molar-refractivity contribution >= 4 is 0 Å². The Kier molecular flexibility index (Phi) is 11.8. The molecule has 4 N–H and O–H groups in total. The first-order chi connectivity index (χ1) is 8.22. The predicted octanol–water partition coefficient (Wildman–Crippen LogP) is 2.36. The van der Waals surface area contributed by atoms with Crippen molar-refractivity contribution < 1.29 is 10.2 Å². The van der Waals surface area contributed by atoms with Gasteiger partial charge in [0, 0.05) is 0 Å². The lowest BCUT2D eigenvalue weighted by atomic mass is 10.1. The van der Waals surface area contributed by atoms with Crippen molar-refractivity contribution in [2.45, 2.75) is 70.4 Å². The Labute approximate surface area is 106 Å². The van der Waals surface area contributed by atoms with Crippen molar-refractivity contribution in [1.29, 1.82) is 0 Å². The van der Waals surface area contributed by atoms with Gasteiger partial charge < -0.3 is 15.9 Å². The van der Waals surface area contributed by atoms with Gasteiger partial charge in [-0.15, -0.1) is 0 Å². The molecule has 3 heteroatoms. The third-order valence-electron chi connectivity index (χ3n) is 2.97. The van der Waals surface area contributed by atoms with Gasteiger partial charge in [-0.3, -0.25) is 0 Å². The van der Waals surface area contributed by atoms with Gasteiger partial charge in [-0.05, 0) is 32.1 Å². The average molecular weight is 243 g/mol. The Balaban J connectivity index is 3.29. The second-order valence-corrected chi connectivity index (χ2v) is 4.67. The second kappa shape index (κ2) is 12.1. The maximum absolute atomic E-state index is 9.51. The maximum atomic E-state index is 9.51. The summed E-state index contributed by atoms with van der Waals surface area (Å²) in [5.74, 6) is 0. The van der Waals surface area contributed by atoms with Crippen molar-refractivity contribution in [3.8, 4) is 0 Å². The molecule has 0 amide bonds. The van der Waals surface area contributed by atoms with Gasteiger partial charge >= 0.3 is 0 Å². The zero-order chi connectivity index (χ0) is 12.9. The topological polar surface area (TPSA) is 66.5 Å². The van der Waals surface area contributed by atoms with Crippen LogP contribution in [0.4, 0.5) is 0 Å². The average Bonchev–Trinajstić information content (AvgIpc) is 2.35. The minimum absolute atomic E-state index is 0.144. The monoisotopic (exact) mass is 243 g/mol. The molecule has 0 heterocycles. The number of hydrogen-bond acceptors (Lipinski definition) is 3. The Bertz CT molecular complexity index is 183. The molecule has 0 spiro atoms. The molecule has 2 unspecified atom stereocenters. The molecule has 102 valence electrons. The number of hydrogen-bond donors (Lipinski definition) is 3. The van der Waals surface area contributed by atoms with Crippen LogP contribution in [0.2, 0.25) is 0 Å². The van der Waals surface area contributed by atoms with E-state index in [-0.39, 0.29) is 6.61 Å². The van der Waals surface area contributed by atoms with Gasteiger partial charge in [-0.2, -0.15) is 0 Å². The number of nitrogens with two attached hydrogens (primary N) is 1. The molecule has 0 fully saturated rings. The number of unbranched alkanes of at least 4 members (excludes halogenated alkanes) is 5. The lowest BCUT2D eigenvalue weighted by Gasteiger charge is -2.15. The Morgan fingerprint density at radius 2 is 1.71 bits per heavy atom. The van der Waals surface area contributed by atoms with Crippen molar-refractivity contribution in [3.63, 3.8) is 0 Å². The fourth-order valence-electron chi connectivity index (χ4n) is 1.71. The van der Waals surface area contributed by atoms with Gasteiger partial charge in [0.2, 0.25) is 0 Å². The SMILES string of the molecule is CCCCCC/C=C\CCCC(O)C(N)CO. The Hall–Kier alpha value is -0.380. The van der Waals surface area contributed by atoms with Crippen LogP contribution in [0, 0.1) is 0 Å². The molecular formula is C14H29NO2. The molecule has 0 aromatic rings. The summed E-state index contributed by atoms with van der Waals surface area (Å²) in [5, 5.41) is 18.3. The van der Waals surface area contributed by atoms with Gasteiger partial charge in [0.05, 0.1) is 18.8 Å². The van der Waals surface area contributed by atoms with Crippen molar-refractivity contribution in [3.05, 3.63) is 12.2 Å². The zero-order valence-corrected chi connectivity index (χ0v) is 11.1. The number of aliphatic hydroxyl groups is 2. The highest BCUT2D eigenvalue weighted by Gasteiger charge is 2.11. The molecule has 0 aliphatic rings. The predicted molar refractivity (Wildman–Crippen MR) is 72.8 cm³/mol. The number of aliphatic hydroxyl groups excluding tert-OH is 2. The Morgan fingerprint density at radius 3 is 2.29 bits per heavy atom. The van der Waals surface area contributed by atoms with Crippen LogP contribution < -0.4 is 5.73 Å². The molecule has 0 bridgehead atoms. The van der Waals surface area contributed by atoms with Crippen LogP contribution >= 0.6 is 0 Å². The van der Waals surface area contributed by atoms with Gasteiger partial charge in [-0.1, -0.05) is 38.3 Å². The summed E-state index contributed by atoms with van der Waals surface area (Å²) in [6, 6.07) is -0.493. The molecule has 0 saturated carbocycles. The summed E-state index contributed by atoms with van der Waals surface area (Å²) in [7, 11) is 0. The Morgan fingerprint density at radius 1 is 1.06 bits per heavy atom. The van der Waals surface area contributed by atoms with Crippen molar-refractivity contribution in [1.82, 2.24) is 0 Å². The van der Waals surface area contributed by atoms with Crippen LogP contribution in [-0.4, -0.2) is 29.0 Å². The molecule has 0 saturated heterocycles. The summed E-state index contributed by atoms with van der Waals surface area (Å²) in [6.45, 7) is 2.08. The second-order valence-electron chi connectivity index (χ2n) is 4.67. The quantitative estimate of drug-likeness (QED) is 0.385. The fourth-order valence-corrected chi connectivity index (χ4v) is 1.71. The van der Waals surface area contributed by atoms with Crippen LogP contribution in [0.25, 0.3) is 0 Å². The van der Waals surface area contributed by atoms with Crippen molar-refractivity contribution in [2.75, 3.05) is 6.61 Å². The van der Waals surface area contributed by atoms with E-state index in [9.17, 15) is 5.11 Å². The highest BCUT2D eigenvalue weighted by molar-refractivity contribution is 4.82. The summed E-state index contributed by atoms with van der Waals surface area (Å²) in [5.41, 5.74) is 5.51. The van der Waals surface area contributed by atoms with Gasteiger partial charge in [-0.25, -0.2) is 0 Å². The maximum Gasteiger partial charge on any atom is 0.0713 e. The smallest absolute Gasteiger partial charge is 0.0713 e. The fraction of sp³-hybridized carbons (Fsp3) is 0.857. The van der Waals surface area contributed by atoms with E-state index in [1.54, 1.807) is 0 Å². The summed E-state index contributed by atoms with van der Waals surface area (Å²) >= 11 is 0. The highest BCUT2D eigenvalue weighted by Crippen LogP contribution is 2.06. The minimum atomic E-state index is -0.571. The first-order valence-corrected chi connectivity index (χ1v) is 6.91. The van der Waals surface area contributed by atoms with E-state index in [0.29, 0.717) is 6.42 Å². The van der Waals surface area contributed by atoms with Crippen LogP contribution in [0.3, 0.4) is 0 Å². The van der Waals surface area contributed by atoms with Crippen LogP contribution in [0.1, 0.15) is 58.3 Å². The highest BCUT2D eigenvalue weighted by atomic mass is 16.3. The van der Waals surface area contributed by atoms with E-state index < -0.39 is 12.1 Å². The number of allylic oxidation sites excluding steroid dienone is 2. The van der Waals surface area contributed by atoms with E-state index in [1.165, 1.54) is 32.1 Å². The third kappa shape index (κ3) is 10.5. The molecule has 0 aromatic carbocycles. The van der Waals surface area contributed by atoms with Gasteiger partial charge in [0.25, 0.3) is 0 Å². The largest absolute Gasteiger partial charge is 0.395 e. The molecule has 0 aliphatic heterocycles. The molecule has 0 rings (SSSR count). The van der Waals surface area contributed by atoms with Crippen LogP contribution in [-0.2, 0) is 0 Å².